The van der Waals surface area contributed by atoms with Gasteiger partial charge >= 0.3 is 5.97 Å². The summed E-state index contributed by atoms with van der Waals surface area (Å²) in [5, 5.41) is 3.37. The van der Waals surface area contributed by atoms with Gasteiger partial charge in [0, 0.05) is 32.8 Å². The van der Waals surface area contributed by atoms with Crippen LogP contribution in [-0.2, 0) is 20.9 Å². The number of likely N-dealkylation sites (tertiary alicyclic amines) is 1. The van der Waals surface area contributed by atoms with Crippen molar-refractivity contribution in [1.29, 1.82) is 0 Å². The molecule has 1 aromatic carbocycles. The summed E-state index contributed by atoms with van der Waals surface area (Å²) in [5.41, 5.74) is 1.21. The van der Waals surface area contributed by atoms with E-state index in [-0.39, 0.29) is 35.9 Å². The molecule has 0 atom stereocenters. The van der Waals surface area contributed by atoms with Crippen LogP contribution in [0.1, 0.15) is 45.1 Å². The van der Waals surface area contributed by atoms with Crippen LogP contribution in [0.4, 0.5) is 0 Å². The fourth-order valence-corrected chi connectivity index (χ4v) is 3.28. The summed E-state index contributed by atoms with van der Waals surface area (Å²) in [6, 6.07) is 10.2. The fraction of sp³-hybridized carbons (Fsp3) is 0.636. The van der Waals surface area contributed by atoms with Gasteiger partial charge in [0.2, 0.25) is 0 Å². The first-order valence-electron chi connectivity index (χ1n) is 10.6. The van der Waals surface area contributed by atoms with Crippen LogP contribution >= 0.6 is 24.0 Å². The Hall–Kier alpha value is -1.35. The number of aliphatic imine (C=N–C) groups is 1. The molecule has 0 radical (unpaired) electrons. The summed E-state index contributed by atoms with van der Waals surface area (Å²) in [6.45, 7) is 9.14. The zero-order valence-electron chi connectivity index (χ0n) is 17.8. The number of unbranched alkanes of at least 4 members (excludes halogenated alkanes) is 1. The predicted molar refractivity (Wildman–Crippen MR) is 128 cm³/mol. The molecule has 0 unspecified atom stereocenters. The molecule has 1 fully saturated rings. The molecule has 29 heavy (non-hydrogen) atoms. The van der Waals surface area contributed by atoms with Gasteiger partial charge in [-0.05, 0) is 45.1 Å². The van der Waals surface area contributed by atoms with E-state index >= 15 is 0 Å². The Labute approximate surface area is 192 Å². The van der Waals surface area contributed by atoms with Crippen LogP contribution in [-0.4, -0.2) is 56.2 Å². The van der Waals surface area contributed by atoms with Crippen LogP contribution in [0.3, 0.4) is 0 Å². The lowest BCUT2D eigenvalue weighted by molar-refractivity contribution is -0.149. The minimum Gasteiger partial charge on any atom is -0.466 e. The summed E-state index contributed by atoms with van der Waals surface area (Å²) < 4.78 is 10.9. The number of hydrogen-bond acceptors (Lipinski definition) is 4. The molecular weight excluding hydrogens is 481 g/mol. The number of benzene rings is 1. The van der Waals surface area contributed by atoms with Gasteiger partial charge in [0.25, 0.3) is 0 Å². The molecule has 2 rings (SSSR count). The van der Waals surface area contributed by atoms with Crippen molar-refractivity contribution in [2.75, 3.05) is 39.4 Å². The van der Waals surface area contributed by atoms with Crippen molar-refractivity contribution in [3.8, 4) is 0 Å². The monoisotopic (exact) mass is 517 g/mol. The third-order valence-corrected chi connectivity index (χ3v) is 4.82. The van der Waals surface area contributed by atoms with E-state index in [0.29, 0.717) is 13.2 Å². The quantitative estimate of drug-likeness (QED) is 0.168. The molecule has 0 bridgehead atoms. The van der Waals surface area contributed by atoms with Crippen LogP contribution in [0.2, 0.25) is 0 Å². The van der Waals surface area contributed by atoms with Crippen molar-refractivity contribution < 1.29 is 14.3 Å². The van der Waals surface area contributed by atoms with Crippen LogP contribution in [0.25, 0.3) is 0 Å². The van der Waals surface area contributed by atoms with Crippen LogP contribution < -0.4 is 5.32 Å². The Kier molecular flexibility index (Phi) is 13.7. The number of rotatable bonds is 10. The zero-order valence-corrected chi connectivity index (χ0v) is 20.1. The van der Waals surface area contributed by atoms with E-state index in [4.69, 9.17) is 14.5 Å². The number of carbonyl (C=O) groups excluding carboxylic acids is 1. The maximum atomic E-state index is 11.9. The van der Waals surface area contributed by atoms with Crippen molar-refractivity contribution >= 4 is 35.9 Å². The van der Waals surface area contributed by atoms with Crippen molar-refractivity contribution in [3.05, 3.63) is 35.9 Å². The van der Waals surface area contributed by atoms with Gasteiger partial charge in [0.1, 0.15) is 0 Å². The maximum Gasteiger partial charge on any atom is 0.309 e. The minimum absolute atomic E-state index is 0. The van der Waals surface area contributed by atoms with E-state index in [1.54, 1.807) is 0 Å². The Morgan fingerprint density at radius 3 is 2.55 bits per heavy atom. The number of esters is 1. The van der Waals surface area contributed by atoms with E-state index in [1.165, 1.54) is 5.56 Å². The standard InChI is InChI=1S/C22H35N3O3.HI/c1-3-23-22(25-15-12-20(13-16-25)21(26)28-4-2)24-14-8-9-17-27-18-19-10-6-5-7-11-19;/h5-7,10-11,20H,3-4,8-9,12-18H2,1-2H3,(H,23,24);1H. The van der Waals surface area contributed by atoms with E-state index in [9.17, 15) is 4.79 Å². The first-order valence-corrected chi connectivity index (χ1v) is 10.6. The molecule has 1 aliphatic rings. The summed E-state index contributed by atoms with van der Waals surface area (Å²) in [6.07, 6.45) is 3.66. The molecule has 0 saturated carbocycles. The second kappa shape index (κ2) is 15.5. The molecule has 0 aromatic heterocycles. The highest BCUT2D eigenvalue weighted by Gasteiger charge is 2.27. The first-order chi connectivity index (χ1) is 13.7. The topological polar surface area (TPSA) is 63.2 Å². The average molecular weight is 517 g/mol. The number of halogens is 1. The van der Waals surface area contributed by atoms with Crippen LogP contribution in [0.15, 0.2) is 35.3 Å². The number of ether oxygens (including phenoxy) is 2. The molecule has 1 heterocycles. The Balaban J connectivity index is 0.00000420. The van der Waals surface area contributed by atoms with Gasteiger partial charge in [0.15, 0.2) is 5.96 Å². The van der Waals surface area contributed by atoms with E-state index in [0.717, 1.165) is 64.4 Å². The molecule has 0 amide bonds. The number of nitrogens with one attached hydrogen (secondary N) is 1. The second-order valence-corrected chi connectivity index (χ2v) is 6.99. The molecule has 0 aliphatic carbocycles. The van der Waals surface area contributed by atoms with Gasteiger partial charge < -0.3 is 19.7 Å². The fourth-order valence-electron chi connectivity index (χ4n) is 3.28. The van der Waals surface area contributed by atoms with Gasteiger partial charge in [-0.3, -0.25) is 9.79 Å². The van der Waals surface area contributed by atoms with Crippen molar-refractivity contribution in [3.63, 3.8) is 0 Å². The smallest absolute Gasteiger partial charge is 0.309 e. The van der Waals surface area contributed by atoms with Gasteiger partial charge in [-0.1, -0.05) is 30.3 Å². The summed E-state index contributed by atoms with van der Waals surface area (Å²) >= 11 is 0. The molecule has 164 valence electrons. The molecule has 1 aliphatic heterocycles. The lowest BCUT2D eigenvalue weighted by Crippen LogP contribution is -2.46. The summed E-state index contributed by atoms with van der Waals surface area (Å²) in [5.74, 6) is 0.926. The Bertz CT molecular complexity index is 590. The normalized spacial score (nSPS) is 15.0. The number of hydrogen-bond donors (Lipinski definition) is 1. The number of carbonyl (C=O) groups is 1. The number of guanidine groups is 1. The highest BCUT2D eigenvalue weighted by molar-refractivity contribution is 14.0. The number of piperidine rings is 1. The van der Waals surface area contributed by atoms with Gasteiger partial charge in [-0.25, -0.2) is 0 Å². The average Bonchev–Trinajstić information content (AvgIpc) is 2.73. The third kappa shape index (κ3) is 9.80. The highest BCUT2D eigenvalue weighted by Crippen LogP contribution is 2.18. The van der Waals surface area contributed by atoms with Crippen molar-refractivity contribution in [1.82, 2.24) is 10.2 Å². The predicted octanol–water partition coefficient (Wildman–Crippen LogP) is 3.84. The second-order valence-electron chi connectivity index (χ2n) is 6.99. The Morgan fingerprint density at radius 1 is 1.17 bits per heavy atom. The Morgan fingerprint density at radius 2 is 1.90 bits per heavy atom. The lowest BCUT2D eigenvalue weighted by Gasteiger charge is -2.33. The van der Waals surface area contributed by atoms with Gasteiger partial charge in [-0.2, -0.15) is 0 Å². The first kappa shape index (κ1) is 25.7. The molecule has 1 aromatic rings. The van der Waals surface area contributed by atoms with Crippen molar-refractivity contribution in [2.24, 2.45) is 10.9 Å². The molecule has 1 N–H and O–H groups in total. The van der Waals surface area contributed by atoms with E-state index in [1.807, 2.05) is 25.1 Å². The van der Waals surface area contributed by atoms with E-state index in [2.05, 4.69) is 29.3 Å². The van der Waals surface area contributed by atoms with Crippen LogP contribution in [0, 0.1) is 5.92 Å². The largest absolute Gasteiger partial charge is 0.466 e. The van der Waals surface area contributed by atoms with E-state index < -0.39 is 0 Å². The van der Waals surface area contributed by atoms with Gasteiger partial charge in [0.05, 0.1) is 19.1 Å². The van der Waals surface area contributed by atoms with Crippen molar-refractivity contribution in [2.45, 2.75) is 46.1 Å². The SMILES string of the molecule is CCNC(=NCCCCOCc1ccccc1)N1CCC(C(=O)OCC)CC1.I. The lowest BCUT2D eigenvalue weighted by atomic mass is 9.97. The highest BCUT2D eigenvalue weighted by atomic mass is 127. The molecule has 7 heteroatoms. The summed E-state index contributed by atoms with van der Waals surface area (Å²) in [7, 11) is 0. The molecule has 1 saturated heterocycles. The number of nitrogens with zero attached hydrogens (tertiary/aromatic N) is 2. The maximum absolute atomic E-state index is 11.9. The third-order valence-electron chi connectivity index (χ3n) is 4.82. The molecular formula is C22H36IN3O3. The molecule has 6 nitrogen and oxygen atoms in total. The minimum atomic E-state index is -0.0559. The zero-order chi connectivity index (χ0) is 20.0. The molecule has 0 spiro atoms. The summed E-state index contributed by atoms with van der Waals surface area (Å²) in [4.78, 5) is 18.9. The van der Waals surface area contributed by atoms with Crippen LogP contribution in [0.5, 0.6) is 0 Å². The van der Waals surface area contributed by atoms with Gasteiger partial charge in [-0.15, -0.1) is 24.0 Å².